The molecule has 2 N–H and O–H groups in total. The number of amides is 2. The molecule has 0 saturated carbocycles. The summed E-state index contributed by atoms with van der Waals surface area (Å²) in [5.41, 5.74) is -0.480. The molecule has 6 nitrogen and oxygen atoms in total. The zero-order chi connectivity index (χ0) is 16.3. The summed E-state index contributed by atoms with van der Waals surface area (Å²) in [5, 5.41) is 6.95. The lowest BCUT2D eigenvalue weighted by Gasteiger charge is -2.43. The number of nitrogens with one attached hydrogen (secondary N) is 2. The predicted octanol–water partition coefficient (Wildman–Crippen LogP) is 0.643. The van der Waals surface area contributed by atoms with Crippen molar-refractivity contribution in [3.63, 3.8) is 0 Å². The number of nitrogens with zero attached hydrogens (tertiary/aromatic N) is 2. The van der Waals surface area contributed by atoms with Gasteiger partial charge in [0.25, 0.3) is 0 Å². The Morgan fingerprint density at radius 3 is 2.78 bits per heavy atom. The second kappa shape index (κ2) is 6.88. The Morgan fingerprint density at radius 2 is 2.13 bits per heavy atom. The van der Waals surface area contributed by atoms with Gasteiger partial charge in [-0.25, -0.2) is 4.98 Å². The van der Waals surface area contributed by atoms with Crippen LogP contribution in [0.5, 0.6) is 0 Å². The molecular formula is C16H22N4O2S. The summed E-state index contributed by atoms with van der Waals surface area (Å²) < 4.78 is 0. The molecule has 0 unspecified atom stereocenters. The van der Waals surface area contributed by atoms with E-state index in [2.05, 4.69) is 15.6 Å². The molecule has 0 bridgehead atoms. The van der Waals surface area contributed by atoms with E-state index in [1.807, 2.05) is 30.0 Å². The minimum Gasteiger partial charge on any atom is -0.353 e. The third-order valence-corrected chi connectivity index (χ3v) is 5.56. The van der Waals surface area contributed by atoms with Crippen molar-refractivity contribution in [2.75, 3.05) is 26.2 Å². The lowest BCUT2D eigenvalue weighted by atomic mass is 9.85. The van der Waals surface area contributed by atoms with Crippen LogP contribution in [-0.2, 0) is 9.59 Å². The van der Waals surface area contributed by atoms with Gasteiger partial charge in [0.1, 0.15) is 5.54 Å². The van der Waals surface area contributed by atoms with E-state index >= 15 is 0 Å². The Bertz CT molecular complexity index is 573. The first-order valence-electron chi connectivity index (χ1n) is 8.00. The topological polar surface area (TPSA) is 74.3 Å². The molecular weight excluding hydrogens is 312 g/mol. The van der Waals surface area contributed by atoms with Gasteiger partial charge in [0, 0.05) is 32.4 Å². The van der Waals surface area contributed by atoms with Crippen LogP contribution in [-0.4, -0.2) is 58.7 Å². The third-order valence-electron chi connectivity index (χ3n) is 4.52. The fraction of sp³-hybridized carbons (Fsp3) is 0.562. The van der Waals surface area contributed by atoms with Crippen LogP contribution in [0.3, 0.4) is 0 Å². The lowest BCUT2D eigenvalue weighted by Crippen LogP contribution is -2.67. The Hall–Kier alpha value is -1.60. The molecule has 3 rings (SSSR count). The third kappa shape index (κ3) is 3.50. The number of hydrogen-bond donors (Lipinski definition) is 2. The monoisotopic (exact) mass is 334 g/mol. The minimum absolute atomic E-state index is 0.0757. The molecule has 2 aliphatic heterocycles. The SMILES string of the molecule is C[C@H](Sc1ccccn1)C(=O)N1CCC2(CC1)NCCNC2=O. The molecule has 1 aromatic heterocycles. The molecule has 124 valence electrons. The van der Waals surface area contributed by atoms with Gasteiger partial charge in [-0.1, -0.05) is 17.8 Å². The number of pyridine rings is 1. The molecule has 1 spiro atoms. The molecule has 23 heavy (non-hydrogen) atoms. The maximum Gasteiger partial charge on any atom is 0.240 e. The second-order valence-electron chi connectivity index (χ2n) is 6.02. The molecule has 2 fully saturated rings. The van der Waals surface area contributed by atoms with E-state index in [0.717, 1.165) is 11.6 Å². The maximum absolute atomic E-state index is 12.6. The van der Waals surface area contributed by atoms with E-state index in [0.29, 0.717) is 32.5 Å². The summed E-state index contributed by atoms with van der Waals surface area (Å²) in [4.78, 5) is 30.9. The van der Waals surface area contributed by atoms with E-state index in [1.54, 1.807) is 6.20 Å². The van der Waals surface area contributed by atoms with Gasteiger partial charge in [0.05, 0.1) is 10.3 Å². The highest BCUT2D eigenvalue weighted by atomic mass is 32.2. The highest BCUT2D eigenvalue weighted by molar-refractivity contribution is 8.00. The normalized spacial score (nSPS) is 21.8. The van der Waals surface area contributed by atoms with Gasteiger partial charge in [-0.3, -0.25) is 9.59 Å². The summed E-state index contributed by atoms with van der Waals surface area (Å²) in [7, 11) is 0. The molecule has 2 saturated heterocycles. The van der Waals surface area contributed by atoms with Crippen molar-refractivity contribution in [1.82, 2.24) is 20.5 Å². The van der Waals surface area contributed by atoms with E-state index < -0.39 is 5.54 Å². The quantitative estimate of drug-likeness (QED) is 0.794. The van der Waals surface area contributed by atoms with Crippen molar-refractivity contribution < 1.29 is 9.59 Å². The van der Waals surface area contributed by atoms with Crippen LogP contribution in [0.25, 0.3) is 0 Å². The zero-order valence-corrected chi connectivity index (χ0v) is 14.1. The Balaban J connectivity index is 1.56. The molecule has 0 aliphatic carbocycles. The first-order chi connectivity index (χ1) is 11.1. The lowest BCUT2D eigenvalue weighted by molar-refractivity contribution is -0.138. The van der Waals surface area contributed by atoms with Crippen LogP contribution in [0.2, 0.25) is 0 Å². The molecule has 0 aromatic carbocycles. The van der Waals surface area contributed by atoms with E-state index in [1.165, 1.54) is 11.8 Å². The summed E-state index contributed by atoms with van der Waals surface area (Å²) in [5.74, 6) is 0.193. The highest BCUT2D eigenvalue weighted by Crippen LogP contribution is 2.27. The van der Waals surface area contributed by atoms with Crippen LogP contribution in [0.1, 0.15) is 19.8 Å². The van der Waals surface area contributed by atoms with Gasteiger partial charge in [-0.05, 0) is 31.9 Å². The largest absolute Gasteiger partial charge is 0.353 e. The first kappa shape index (κ1) is 16.3. The second-order valence-corrected chi connectivity index (χ2v) is 7.38. The van der Waals surface area contributed by atoms with Crippen molar-refractivity contribution >= 4 is 23.6 Å². The van der Waals surface area contributed by atoms with Crippen molar-refractivity contribution in [2.24, 2.45) is 0 Å². The van der Waals surface area contributed by atoms with Crippen LogP contribution in [0, 0.1) is 0 Å². The summed E-state index contributed by atoms with van der Waals surface area (Å²) >= 11 is 1.48. The van der Waals surface area contributed by atoms with E-state index in [4.69, 9.17) is 0 Å². The van der Waals surface area contributed by atoms with Crippen LogP contribution < -0.4 is 10.6 Å². The molecule has 1 aromatic rings. The predicted molar refractivity (Wildman–Crippen MR) is 89.1 cm³/mol. The smallest absolute Gasteiger partial charge is 0.240 e. The number of piperazine rings is 1. The van der Waals surface area contributed by atoms with Crippen molar-refractivity contribution in [1.29, 1.82) is 0 Å². The van der Waals surface area contributed by atoms with Gasteiger partial charge < -0.3 is 15.5 Å². The highest BCUT2D eigenvalue weighted by Gasteiger charge is 2.43. The van der Waals surface area contributed by atoms with E-state index in [-0.39, 0.29) is 17.1 Å². The Morgan fingerprint density at radius 1 is 1.35 bits per heavy atom. The van der Waals surface area contributed by atoms with Crippen LogP contribution >= 0.6 is 11.8 Å². The van der Waals surface area contributed by atoms with Gasteiger partial charge in [-0.15, -0.1) is 0 Å². The van der Waals surface area contributed by atoms with Crippen molar-refractivity contribution in [2.45, 2.75) is 35.6 Å². The number of hydrogen-bond acceptors (Lipinski definition) is 5. The minimum atomic E-state index is -0.480. The number of piperidine rings is 1. The van der Waals surface area contributed by atoms with Crippen molar-refractivity contribution in [3.05, 3.63) is 24.4 Å². The molecule has 0 radical (unpaired) electrons. The number of carbonyl (C=O) groups is 2. The summed E-state index contributed by atoms with van der Waals surface area (Å²) in [6.07, 6.45) is 3.08. The summed E-state index contributed by atoms with van der Waals surface area (Å²) in [6.45, 7) is 4.63. The van der Waals surface area contributed by atoms with Gasteiger partial charge >= 0.3 is 0 Å². The van der Waals surface area contributed by atoms with Gasteiger partial charge in [0.2, 0.25) is 11.8 Å². The summed E-state index contributed by atoms with van der Waals surface area (Å²) in [6, 6.07) is 5.70. The van der Waals surface area contributed by atoms with Gasteiger partial charge in [-0.2, -0.15) is 0 Å². The standard InChI is InChI=1S/C16H22N4O2S/c1-12(23-13-4-2-3-7-17-13)14(21)20-10-5-16(6-11-20)15(22)18-8-9-19-16/h2-4,7,12,19H,5-6,8-11H2,1H3,(H,18,22)/t12-/m0/s1. The maximum atomic E-state index is 12.6. The zero-order valence-electron chi connectivity index (χ0n) is 13.2. The fourth-order valence-corrected chi connectivity index (χ4v) is 4.04. The molecule has 7 heteroatoms. The number of carbonyl (C=O) groups excluding carboxylic acids is 2. The van der Waals surface area contributed by atoms with E-state index in [9.17, 15) is 9.59 Å². The average Bonchev–Trinajstić information content (AvgIpc) is 2.59. The number of thioether (sulfide) groups is 1. The number of rotatable bonds is 3. The molecule has 2 amide bonds. The van der Waals surface area contributed by atoms with Crippen LogP contribution in [0.15, 0.2) is 29.4 Å². The average molecular weight is 334 g/mol. The van der Waals surface area contributed by atoms with Crippen molar-refractivity contribution in [3.8, 4) is 0 Å². The first-order valence-corrected chi connectivity index (χ1v) is 8.88. The molecule has 2 aliphatic rings. The fourth-order valence-electron chi connectivity index (χ4n) is 3.15. The number of likely N-dealkylation sites (tertiary alicyclic amines) is 1. The molecule has 1 atom stereocenters. The Kier molecular flexibility index (Phi) is 4.87. The number of aromatic nitrogens is 1. The Labute approximate surface area is 140 Å². The van der Waals surface area contributed by atoms with Gasteiger partial charge in [0.15, 0.2) is 0 Å². The molecule has 3 heterocycles. The van der Waals surface area contributed by atoms with Crippen LogP contribution in [0.4, 0.5) is 0 Å².